The number of anilines is 1. The summed E-state index contributed by atoms with van der Waals surface area (Å²) < 4.78 is 30.8. The average molecular weight is 433 g/mol. The van der Waals surface area contributed by atoms with Crippen molar-refractivity contribution in [2.24, 2.45) is 5.92 Å². The van der Waals surface area contributed by atoms with Crippen molar-refractivity contribution in [2.75, 3.05) is 38.2 Å². The van der Waals surface area contributed by atoms with Crippen molar-refractivity contribution in [1.29, 1.82) is 0 Å². The second-order valence-corrected chi connectivity index (χ2v) is 7.87. The third kappa shape index (κ3) is 6.38. The number of rotatable bonds is 8. The SMILES string of the molecule is CC(C)C(=O)c1ncc(-c2cccc(CC(F)F)c2)cc1NC(=O)CN1CCOCC1.[HH]. The Hall–Kier alpha value is -2.71. The van der Waals surface area contributed by atoms with Crippen molar-refractivity contribution in [2.45, 2.75) is 26.7 Å². The van der Waals surface area contributed by atoms with Gasteiger partial charge in [-0.05, 0) is 17.2 Å². The fourth-order valence-electron chi connectivity index (χ4n) is 3.40. The first-order chi connectivity index (χ1) is 14.8. The van der Waals surface area contributed by atoms with Gasteiger partial charge in [-0.3, -0.25) is 19.5 Å². The summed E-state index contributed by atoms with van der Waals surface area (Å²) in [4.78, 5) is 31.6. The highest BCUT2D eigenvalue weighted by Gasteiger charge is 2.21. The first-order valence-corrected chi connectivity index (χ1v) is 10.3. The number of ether oxygens (including phenoxy) is 1. The van der Waals surface area contributed by atoms with Crippen LogP contribution in [0.4, 0.5) is 14.5 Å². The van der Waals surface area contributed by atoms with E-state index in [0.717, 1.165) is 0 Å². The Balaban J connectivity index is 0.00000363. The lowest BCUT2D eigenvalue weighted by Gasteiger charge is -2.26. The number of morpholine rings is 1. The van der Waals surface area contributed by atoms with Gasteiger partial charge in [0, 0.05) is 38.6 Å². The minimum absolute atomic E-state index is 0. The predicted molar refractivity (Wildman–Crippen MR) is 117 cm³/mol. The molecule has 1 fully saturated rings. The van der Waals surface area contributed by atoms with Crippen molar-refractivity contribution < 1.29 is 24.5 Å². The van der Waals surface area contributed by atoms with Crippen molar-refractivity contribution in [3.63, 3.8) is 0 Å². The number of carbonyl (C=O) groups excluding carboxylic acids is 2. The Morgan fingerprint density at radius 3 is 2.61 bits per heavy atom. The number of halogens is 2. The van der Waals surface area contributed by atoms with Crippen LogP contribution in [-0.2, 0) is 16.0 Å². The van der Waals surface area contributed by atoms with E-state index < -0.39 is 6.43 Å². The number of aromatic nitrogens is 1. The van der Waals surface area contributed by atoms with E-state index in [9.17, 15) is 18.4 Å². The molecule has 0 saturated carbocycles. The minimum atomic E-state index is -2.44. The number of pyridine rings is 1. The quantitative estimate of drug-likeness (QED) is 0.639. The highest BCUT2D eigenvalue weighted by atomic mass is 19.3. The molecule has 0 spiro atoms. The molecule has 1 aliphatic rings. The lowest BCUT2D eigenvalue weighted by molar-refractivity contribution is -0.118. The van der Waals surface area contributed by atoms with E-state index in [4.69, 9.17) is 4.74 Å². The largest absolute Gasteiger partial charge is 0.379 e. The van der Waals surface area contributed by atoms with E-state index in [1.807, 2.05) is 4.90 Å². The maximum atomic E-state index is 12.8. The molecule has 2 aromatic rings. The fourth-order valence-corrected chi connectivity index (χ4v) is 3.40. The molecular formula is C23H29F2N3O3. The van der Waals surface area contributed by atoms with Crippen LogP contribution in [0, 0.1) is 5.92 Å². The summed E-state index contributed by atoms with van der Waals surface area (Å²) in [6.07, 6.45) is -1.24. The zero-order valence-corrected chi connectivity index (χ0v) is 17.7. The summed E-state index contributed by atoms with van der Waals surface area (Å²) in [7, 11) is 0. The predicted octanol–water partition coefficient (Wildman–Crippen LogP) is 3.91. The molecule has 3 rings (SSSR count). The first-order valence-electron chi connectivity index (χ1n) is 10.3. The van der Waals surface area contributed by atoms with Crippen LogP contribution in [-0.4, -0.2) is 60.8 Å². The molecule has 6 nitrogen and oxygen atoms in total. The molecule has 168 valence electrons. The number of nitrogens with one attached hydrogen (secondary N) is 1. The molecule has 1 saturated heterocycles. The first kappa shape index (κ1) is 23.0. The van der Waals surface area contributed by atoms with E-state index in [0.29, 0.717) is 48.7 Å². The molecule has 2 heterocycles. The van der Waals surface area contributed by atoms with Crippen LogP contribution in [0.2, 0.25) is 0 Å². The van der Waals surface area contributed by atoms with E-state index in [1.54, 1.807) is 44.2 Å². The number of amides is 1. The van der Waals surface area contributed by atoms with Crippen molar-refractivity contribution in [3.05, 3.63) is 47.8 Å². The molecule has 8 heteroatoms. The molecule has 31 heavy (non-hydrogen) atoms. The number of hydrogen-bond donors (Lipinski definition) is 1. The van der Waals surface area contributed by atoms with Crippen molar-refractivity contribution in [3.8, 4) is 11.1 Å². The molecule has 1 aliphatic heterocycles. The van der Waals surface area contributed by atoms with Crippen molar-refractivity contribution in [1.82, 2.24) is 9.88 Å². The van der Waals surface area contributed by atoms with Crippen LogP contribution in [0.15, 0.2) is 36.5 Å². The number of alkyl halides is 2. The van der Waals surface area contributed by atoms with Gasteiger partial charge in [0.25, 0.3) is 0 Å². The number of carbonyl (C=O) groups is 2. The Bertz CT molecular complexity index is 934. The molecule has 0 aliphatic carbocycles. The second-order valence-electron chi connectivity index (χ2n) is 7.87. The van der Waals surface area contributed by atoms with Gasteiger partial charge in [0.05, 0.1) is 25.4 Å². The summed E-state index contributed by atoms with van der Waals surface area (Å²) >= 11 is 0. The van der Waals surface area contributed by atoms with E-state index in [1.165, 1.54) is 6.20 Å². The molecule has 1 N–H and O–H groups in total. The van der Waals surface area contributed by atoms with E-state index in [2.05, 4.69) is 10.3 Å². The molecule has 0 radical (unpaired) electrons. The zero-order valence-electron chi connectivity index (χ0n) is 17.7. The Morgan fingerprint density at radius 2 is 1.94 bits per heavy atom. The standard InChI is InChI=1S/C23H27F2N3O3.H2/c1-15(2)23(30)22-19(27-21(29)14-28-6-8-31-9-7-28)12-18(13-26-22)17-5-3-4-16(10-17)11-20(24)25;/h3-5,10,12-13,15,20H,6-9,11,14H2,1-2H3,(H,27,29);1H. The van der Waals surface area contributed by atoms with Gasteiger partial charge in [-0.2, -0.15) is 0 Å². The monoisotopic (exact) mass is 433 g/mol. The topological polar surface area (TPSA) is 71.5 Å². The van der Waals surface area contributed by atoms with Crippen LogP contribution >= 0.6 is 0 Å². The highest BCUT2D eigenvalue weighted by Crippen LogP contribution is 2.27. The molecule has 1 aromatic carbocycles. The normalized spacial score (nSPS) is 14.8. The minimum Gasteiger partial charge on any atom is -0.379 e. The Kier molecular flexibility index (Phi) is 7.81. The molecular weight excluding hydrogens is 404 g/mol. The average Bonchev–Trinajstić information content (AvgIpc) is 2.73. The number of Topliss-reactive ketones (excluding diaryl/α,β-unsaturated/α-hetero) is 1. The Morgan fingerprint density at radius 1 is 1.19 bits per heavy atom. The smallest absolute Gasteiger partial charge is 0.242 e. The molecule has 0 atom stereocenters. The van der Waals surface area contributed by atoms with Crippen LogP contribution in [0.5, 0.6) is 0 Å². The van der Waals surface area contributed by atoms with Crippen LogP contribution in [0.25, 0.3) is 11.1 Å². The number of benzene rings is 1. The van der Waals surface area contributed by atoms with E-state index in [-0.39, 0.29) is 37.7 Å². The maximum absolute atomic E-state index is 12.8. The van der Waals surface area contributed by atoms with E-state index >= 15 is 0 Å². The summed E-state index contributed by atoms with van der Waals surface area (Å²) in [5.41, 5.74) is 2.36. The summed E-state index contributed by atoms with van der Waals surface area (Å²) in [6.45, 7) is 6.22. The van der Waals surface area contributed by atoms with Crippen LogP contribution in [0.1, 0.15) is 31.3 Å². The van der Waals surface area contributed by atoms with Gasteiger partial charge in [-0.1, -0.05) is 38.1 Å². The van der Waals surface area contributed by atoms with Crippen LogP contribution < -0.4 is 5.32 Å². The summed E-state index contributed by atoms with van der Waals surface area (Å²) in [6, 6.07) is 8.49. The zero-order chi connectivity index (χ0) is 22.4. The van der Waals surface area contributed by atoms with Gasteiger partial charge in [-0.25, -0.2) is 8.78 Å². The second kappa shape index (κ2) is 10.5. The van der Waals surface area contributed by atoms with Crippen LogP contribution in [0.3, 0.4) is 0 Å². The van der Waals surface area contributed by atoms with Gasteiger partial charge in [0.15, 0.2) is 5.78 Å². The highest BCUT2D eigenvalue weighted by molar-refractivity contribution is 6.05. The lowest BCUT2D eigenvalue weighted by atomic mass is 10.00. The van der Waals surface area contributed by atoms with Gasteiger partial charge in [0.1, 0.15) is 5.69 Å². The third-order valence-electron chi connectivity index (χ3n) is 5.04. The number of nitrogens with zero attached hydrogens (tertiary/aromatic N) is 2. The lowest BCUT2D eigenvalue weighted by Crippen LogP contribution is -2.41. The van der Waals surface area contributed by atoms with Gasteiger partial charge >= 0.3 is 0 Å². The molecule has 0 bridgehead atoms. The molecule has 1 amide bonds. The Labute approximate surface area is 182 Å². The maximum Gasteiger partial charge on any atom is 0.242 e. The summed E-state index contributed by atoms with van der Waals surface area (Å²) in [5.74, 6) is -0.715. The third-order valence-corrected chi connectivity index (χ3v) is 5.04. The van der Waals surface area contributed by atoms with Gasteiger partial charge < -0.3 is 10.1 Å². The van der Waals surface area contributed by atoms with Gasteiger partial charge in [-0.15, -0.1) is 0 Å². The fraction of sp³-hybridized carbons (Fsp3) is 0.435. The number of hydrogen-bond acceptors (Lipinski definition) is 5. The summed E-state index contributed by atoms with van der Waals surface area (Å²) in [5, 5.41) is 2.83. The number of ketones is 1. The van der Waals surface area contributed by atoms with Gasteiger partial charge in [0.2, 0.25) is 12.3 Å². The molecule has 1 aromatic heterocycles. The molecule has 0 unspecified atom stereocenters. The van der Waals surface area contributed by atoms with Crippen molar-refractivity contribution >= 4 is 17.4 Å².